The molecule has 4 rings (SSSR count). The summed E-state index contributed by atoms with van der Waals surface area (Å²) in [5.74, 6) is 1.35. The number of carbonyl (C=O) groups excluding carboxylic acids is 1. The van der Waals surface area contributed by atoms with Gasteiger partial charge in [0.05, 0.1) is 11.4 Å². The number of aliphatic imine (C=N–C) groups is 1. The summed E-state index contributed by atoms with van der Waals surface area (Å²) in [6.07, 6.45) is 8.80. The van der Waals surface area contributed by atoms with Gasteiger partial charge in [-0.25, -0.2) is 4.98 Å². The highest BCUT2D eigenvalue weighted by atomic mass is 16.1. The van der Waals surface area contributed by atoms with Crippen molar-refractivity contribution in [2.24, 2.45) is 4.99 Å². The number of aromatic nitrogens is 2. The number of anilines is 2. The van der Waals surface area contributed by atoms with Crippen LogP contribution in [0.2, 0.25) is 0 Å². The third-order valence-corrected chi connectivity index (χ3v) is 4.81. The van der Waals surface area contributed by atoms with Crippen molar-refractivity contribution in [2.75, 3.05) is 19.0 Å². The van der Waals surface area contributed by atoms with Crippen LogP contribution in [-0.2, 0) is 4.79 Å². The maximum Gasteiger partial charge on any atom is 0.218 e. The van der Waals surface area contributed by atoms with Crippen molar-refractivity contribution in [3.8, 4) is 0 Å². The predicted octanol–water partition coefficient (Wildman–Crippen LogP) is 3.10. The molecular formula is C20H21N5O. The standard InChI is InChI=1S/C20H21N5O/c1-21-20(22-2)17-6-5-15(14-3-4-14)11-18(17)25(13-26)16-7-9-24-10-8-23-19(24)12-16/h5-14H,3-4H2,1-2H3,(H,21,22). The van der Waals surface area contributed by atoms with Gasteiger partial charge in [0, 0.05) is 44.3 Å². The molecule has 1 fully saturated rings. The van der Waals surface area contributed by atoms with Gasteiger partial charge in [-0.3, -0.25) is 14.7 Å². The van der Waals surface area contributed by atoms with E-state index >= 15 is 0 Å². The molecule has 1 N–H and O–H groups in total. The zero-order chi connectivity index (χ0) is 18.1. The number of amides is 1. The first kappa shape index (κ1) is 16.3. The van der Waals surface area contributed by atoms with E-state index in [0.29, 0.717) is 5.92 Å². The Bertz CT molecular complexity index is 987. The molecule has 0 bridgehead atoms. The summed E-state index contributed by atoms with van der Waals surface area (Å²) >= 11 is 0. The van der Waals surface area contributed by atoms with Gasteiger partial charge in [0.15, 0.2) is 0 Å². The van der Waals surface area contributed by atoms with Crippen LogP contribution in [0.5, 0.6) is 0 Å². The highest BCUT2D eigenvalue weighted by Gasteiger charge is 2.26. The third kappa shape index (κ3) is 2.83. The first-order valence-electron chi connectivity index (χ1n) is 8.71. The van der Waals surface area contributed by atoms with Crippen LogP contribution < -0.4 is 10.2 Å². The largest absolute Gasteiger partial charge is 0.373 e. The second kappa shape index (κ2) is 6.63. The Balaban J connectivity index is 1.86. The number of nitrogens with zero attached hydrogens (tertiary/aromatic N) is 4. The number of rotatable bonds is 5. The summed E-state index contributed by atoms with van der Waals surface area (Å²) < 4.78 is 1.92. The molecule has 3 aromatic rings. The summed E-state index contributed by atoms with van der Waals surface area (Å²) in [7, 11) is 3.58. The minimum atomic E-state index is 0.600. The van der Waals surface area contributed by atoms with Crippen LogP contribution in [0, 0.1) is 0 Å². The maximum atomic E-state index is 12.1. The number of benzene rings is 1. The lowest BCUT2D eigenvalue weighted by Gasteiger charge is -2.23. The van der Waals surface area contributed by atoms with E-state index in [1.54, 1.807) is 18.1 Å². The smallest absolute Gasteiger partial charge is 0.218 e. The quantitative estimate of drug-likeness (QED) is 0.438. The van der Waals surface area contributed by atoms with Gasteiger partial charge in [-0.1, -0.05) is 6.07 Å². The number of hydrogen-bond donors (Lipinski definition) is 1. The number of carbonyl (C=O) groups is 1. The predicted molar refractivity (Wildman–Crippen MR) is 103 cm³/mol. The van der Waals surface area contributed by atoms with Crippen LogP contribution in [0.1, 0.15) is 29.9 Å². The SMILES string of the molecule is C/N=C(/NC)c1ccc(C2CC2)cc1N(C=O)c1ccn2ccnc2c1. The van der Waals surface area contributed by atoms with Crippen LogP contribution >= 0.6 is 0 Å². The van der Waals surface area contributed by atoms with E-state index in [1.165, 1.54) is 18.4 Å². The Kier molecular flexibility index (Phi) is 4.16. The minimum absolute atomic E-state index is 0.600. The molecule has 6 heteroatoms. The van der Waals surface area contributed by atoms with Crippen molar-refractivity contribution in [1.82, 2.24) is 14.7 Å². The van der Waals surface area contributed by atoms with Gasteiger partial charge in [-0.05, 0) is 42.5 Å². The van der Waals surface area contributed by atoms with E-state index in [9.17, 15) is 4.79 Å². The Morgan fingerprint density at radius 3 is 2.85 bits per heavy atom. The van der Waals surface area contributed by atoms with Crippen molar-refractivity contribution >= 4 is 29.3 Å². The topological polar surface area (TPSA) is 62.0 Å². The summed E-state index contributed by atoms with van der Waals surface area (Å²) in [5.41, 5.74) is 4.57. The molecule has 0 aliphatic heterocycles. The highest BCUT2D eigenvalue weighted by Crippen LogP contribution is 2.42. The normalized spacial score (nSPS) is 14.5. The second-order valence-electron chi connectivity index (χ2n) is 6.43. The first-order chi connectivity index (χ1) is 12.7. The molecule has 1 amide bonds. The van der Waals surface area contributed by atoms with E-state index in [0.717, 1.165) is 34.8 Å². The van der Waals surface area contributed by atoms with E-state index < -0.39 is 0 Å². The number of fused-ring (bicyclic) bond motifs is 1. The van der Waals surface area contributed by atoms with Crippen molar-refractivity contribution in [3.63, 3.8) is 0 Å². The van der Waals surface area contributed by atoms with E-state index in [4.69, 9.17) is 0 Å². The van der Waals surface area contributed by atoms with E-state index in [2.05, 4.69) is 27.4 Å². The average Bonchev–Trinajstić information content (AvgIpc) is 3.42. The number of pyridine rings is 1. The fourth-order valence-corrected chi connectivity index (χ4v) is 3.29. The van der Waals surface area contributed by atoms with Crippen LogP contribution in [-0.4, -0.2) is 35.7 Å². The molecule has 1 aromatic carbocycles. The minimum Gasteiger partial charge on any atom is -0.373 e. The fraction of sp³-hybridized carbons (Fsp3) is 0.250. The van der Waals surface area contributed by atoms with Gasteiger partial charge in [-0.15, -0.1) is 0 Å². The van der Waals surface area contributed by atoms with E-state index in [-0.39, 0.29) is 0 Å². The van der Waals surface area contributed by atoms with Gasteiger partial charge in [-0.2, -0.15) is 0 Å². The molecule has 2 heterocycles. The molecule has 0 saturated heterocycles. The Morgan fingerprint density at radius 1 is 1.31 bits per heavy atom. The maximum absolute atomic E-state index is 12.1. The monoisotopic (exact) mass is 347 g/mol. The van der Waals surface area contributed by atoms with Crippen molar-refractivity contribution in [2.45, 2.75) is 18.8 Å². The van der Waals surface area contributed by atoms with Gasteiger partial charge in [0.2, 0.25) is 6.41 Å². The van der Waals surface area contributed by atoms with Crippen molar-refractivity contribution in [1.29, 1.82) is 0 Å². The molecule has 1 aliphatic carbocycles. The molecule has 6 nitrogen and oxygen atoms in total. The fourth-order valence-electron chi connectivity index (χ4n) is 3.29. The van der Waals surface area contributed by atoms with Gasteiger partial charge in [0.25, 0.3) is 0 Å². The van der Waals surface area contributed by atoms with Gasteiger partial charge in [0.1, 0.15) is 11.5 Å². The molecule has 1 saturated carbocycles. The molecule has 132 valence electrons. The zero-order valence-corrected chi connectivity index (χ0v) is 14.9. The summed E-state index contributed by atoms with van der Waals surface area (Å²) in [5, 5.41) is 3.12. The summed E-state index contributed by atoms with van der Waals surface area (Å²) in [4.78, 5) is 22.4. The zero-order valence-electron chi connectivity index (χ0n) is 14.9. The van der Waals surface area contributed by atoms with Gasteiger partial charge < -0.3 is 9.72 Å². The van der Waals surface area contributed by atoms with Crippen molar-refractivity contribution in [3.05, 3.63) is 60.0 Å². The number of imidazole rings is 1. The summed E-state index contributed by atoms with van der Waals surface area (Å²) in [6, 6.07) is 10.1. The number of amidine groups is 1. The lowest BCUT2D eigenvalue weighted by atomic mass is 10.0. The first-order valence-corrected chi connectivity index (χ1v) is 8.71. The molecule has 1 aliphatic rings. The lowest BCUT2D eigenvalue weighted by molar-refractivity contribution is -0.106. The number of hydrogen-bond acceptors (Lipinski definition) is 3. The number of nitrogens with one attached hydrogen (secondary N) is 1. The third-order valence-electron chi connectivity index (χ3n) is 4.81. The lowest BCUT2D eigenvalue weighted by Crippen LogP contribution is -2.24. The molecule has 0 unspecified atom stereocenters. The molecule has 0 radical (unpaired) electrons. The Morgan fingerprint density at radius 2 is 2.15 bits per heavy atom. The van der Waals surface area contributed by atoms with Crippen LogP contribution in [0.4, 0.5) is 11.4 Å². The van der Waals surface area contributed by atoms with Crippen molar-refractivity contribution < 1.29 is 4.79 Å². The summed E-state index contributed by atoms with van der Waals surface area (Å²) in [6.45, 7) is 0. The van der Waals surface area contributed by atoms with Crippen LogP contribution in [0.15, 0.2) is 53.9 Å². The average molecular weight is 347 g/mol. The Hall–Kier alpha value is -3.15. The van der Waals surface area contributed by atoms with Gasteiger partial charge >= 0.3 is 0 Å². The Labute approximate surface area is 152 Å². The molecule has 0 spiro atoms. The van der Waals surface area contributed by atoms with E-state index in [1.807, 2.05) is 42.0 Å². The van der Waals surface area contributed by atoms with Crippen LogP contribution in [0.3, 0.4) is 0 Å². The molecular weight excluding hydrogens is 326 g/mol. The second-order valence-corrected chi connectivity index (χ2v) is 6.43. The highest BCUT2D eigenvalue weighted by molar-refractivity contribution is 6.06. The van der Waals surface area contributed by atoms with Crippen LogP contribution in [0.25, 0.3) is 5.65 Å². The molecule has 2 aromatic heterocycles. The molecule has 26 heavy (non-hydrogen) atoms. The molecule has 0 atom stereocenters.